The second-order valence-corrected chi connectivity index (χ2v) is 4.83. The Hall–Kier alpha value is -1.65. The van der Waals surface area contributed by atoms with Crippen LogP contribution in [0.2, 0.25) is 0 Å². The molecule has 0 unspecified atom stereocenters. The van der Waals surface area contributed by atoms with E-state index in [2.05, 4.69) is 0 Å². The fourth-order valence-corrected chi connectivity index (χ4v) is 2.62. The van der Waals surface area contributed by atoms with Crippen LogP contribution in [0.5, 0.6) is 0 Å². The van der Waals surface area contributed by atoms with Gasteiger partial charge in [0.05, 0.1) is 6.61 Å². The molecule has 0 aromatic heterocycles. The lowest BCUT2D eigenvalue weighted by molar-refractivity contribution is -0.146. The van der Waals surface area contributed by atoms with E-state index in [0.29, 0.717) is 6.61 Å². The number of fused-ring (bicyclic) bond motifs is 1. The van der Waals surface area contributed by atoms with Crippen LogP contribution >= 0.6 is 0 Å². The van der Waals surface area contributed by atoms with E-state index in [1.165, 1.54) is 0 Å². The molecule has 1 aliphatic rings. The average Bonchev–Trinajstić information content (AvgIpc) is 2.46. The molecule has 0 radical (unpaired) electrons. The van der Waals surface area contributed by atoms with Gasteiger partial charge in [-0.2, -0.15) is 0 Å². The maximum absolute atomic E-state index is 11.5. The highest BCUT2D eigenvalue weighted by Crippen LogP contribution is 2.38. The summed E-state index contributed by atoms with van der Waals surface area (Å²) in [6.45, 7) is 2.12. The summed E-state index contributed by atoms with van der Waals surface area (Å²) < 4.78 is 10.3. The quantitative estimate of drug-likeness (QED) is 0.838. The van der Waals surface area contributed by atoms with Crippen LogP contribution in [0.1, 0.15) is 30.9 Å². The fourth-order valence-electron chi connectivity index (χ4n) is 2.62. The maximum atomic E-state index is 11.5. The number of hydrogen-bond donors (Lipinski definition) is 1. The first kappa shape index (κ1) is 14.8. The first-order chi connectivity index (χ1) is 9.61. The molecular weight excluding hydrogens is 256 g/mol. The molecule has 1 aliphatic carbocycles. The molecule has 0 heterocycles. The Labute approximate surface area is 119 Å². The van der Waals surface area contributed by atoms with Crippen LogP contribution in [0.25, 0.3) is 6.08 Å². The zero-order valence-electron chi connectivity index (χ0n) is 11.8. The summed E-state index contributed by atoms with van der Waals surface area (Å²) in [5.74, 6) is -0.303. The predicted octanol–water partition coefficient (Wildman–Crippen LogP) is 2.26. The highest BCUT2D eigenvalue weighted by molar-refractivity contribution is 5.70. The minimum Gasteiger partial charge on any atom is -0.466 e. The number of carbonyl (C=O) groups is 1. The standard InChI is InChI=1S/C16H20O4/c1-3-20-15(17)10-11-16(18)13-7-5-4-6-12(13)8-9-14(16)19-2/h4-9,14,18H,3,10-11H2,1-2H3/t14-,16-/m0/s1. The molecule has 0 saturated carbocycles. The molecule has 4 nitrogen and oxygen atoms in total. The Bertz CT molecular complexity index is 509. The molecule has 0 bridgehead atoms. The molecule has 1 aromatic carbocycles. The predicted molar refractivity (Wildman–Crippen MR) is 76.0 cm³/mol. The number of rotatable bonds is 5. The Kier molecular flexibility index (Phi) is 4.57. The number of methoxy groups -OCH3 is 1. The van der Waals surface area contributed by atoms with E-state index in [1.807, 2.05) is 36.4 Å². The van der Waals surface area contributed by atoms with Crippen LogP contribution in [-0.4, -0.2) is 30.9 Å². The van der Waals surface area contributed by atoms with E-state index in [0.717, 1.165) is 11.1 Å². The van der Waals surface area contributed by atoms with Gasteiger partial charge in [-0.15, -0.1) is 0 Å². The highest BCUT2D eigenvalue weighted by Gasteiger charge is 2.41. The molecule has 20 heavy (non-hydrogen) atoms. The lowest BCUT2D eigenvalue weighted by Crippen LogP contribution is -2.42. The number of ether oxygens (including phenoxy) is 2. The lowest BCUT2D eigenvalue weighted by atomic mass is 9.78. The second-order valence-electron chi connectivity index (χ2n) is 4.83. The molecule has 0 aliphatic heterocycles. The summed E-state index contributed by atoms with van der Waals surface area (Å²) in [5.41, 5.74) is 0.540. The number of hydrogen-bond acceptors (Lipinski definition) is 4. The van der Waals surface area contributed by atoms with E-state index in [1.54, 1.807) is 14.0 Å². The van der Waals surface area contributed by atoms with Gasteiger partial charge in [0.25, 0.3) is 0 Å². The van der Waals surface area contributed by atoms with Crippen LogP contribution < -0.4 is 0 Å². The number of esters is 1. The van der Waals surface area contributed by atoms with E-state index in [9.17, 15) is 9.90 Å². The van der Waals surface area contributed by atoms with Gasteiger partial charge >= 0.3 is 5.97 Å². The van der Waals surface area contributed by atoms with Gasteiger partial charge in [-0.3, -0.25) is 4.79 Å². The third kappa shape index (κ3) is 2.76. The third-order valence-corrected chi connectivity index (χ3v) is 3.62. The molecule has 108 valence electrons. The number of aliphatic hydroxyl groups is 1. The molecule has 2 rings (SSSR count). The van der Waals surface area contributed by atoms with E-state index < -0.39 is 11.7 Å². The molecule has 0 spiro atoms. The number of carbonyl (C=O) groups excluding carboxylic acids is 1. The first-order valence-electron chi connectivity index (χ1n) is 6.80. The largest absolute Gasteiger partial charge is 0.466 e. The van der Waals surface area contributed by atoms with Crippen molar-refractivity contribution in [2.24, 2.45) is 0 Å². The molecule has 0 saturated heterocycles. The SMILES string of the molecule is CCOC(=O)CC[C@]1(O)c2ccccc2C=C[C@@H]1OC. The normalized spacial score (nSPS) is 24.2. The zero-order valence-corrected chi connectivity index (χ0v) is 11.8. The third-order valence-electron chi connectivity index (χ3n) is 3.62. The van der Waals surface area contributed by atoms with E-state index in [-0.39, 0.29) is 18.8 Å². The Morgan fingerprint density at radius 1 is 1.40 bits per heavy atom. The van der Waals surface area contributed by atoms with Crippen LogP contribution in [0.3, 0.4) is 0 Å². The Balaban J connectivity index is 2.25. The molecule has 0 fully saturated rings. The fraction of sp³-hybridized carbons (Fsp3) is 0.438. The number of benzene rings is 1. The summed E-state index contributed by atoms with van der Waals surface area (Å²) in [4.78, 5) is 11.5. The van der Waals surface area contributed by atoms with Crippen molar-refractivity contribution in [1.82, 2.24) is 0 Å². The van der Waals surface area contributed by atoms with Gasteiger partial charge in [0.15, 0.2) is 0 Å². The van der Waals surface area contributed by atoms with Crippen molar-refractivity contribution < 1.29 is 19.4 Å². The first-order valence-corrected chi connectivity index (χ1v) is 6.80. The summed E-state index contributed by atoms with van der Waals surface area (Å²) in [7, 11) is 1.55. The molecule has 4 heteroatoms. The summed E-state index contributed by atoms with van der Waals surface area (Å²) in [6.07, 6.45) is 3.72. The van der Waals surface area contributed by atoms with Crippen molar-refractivity contribution >= 4 is 12.0 Å². The van der Waals surface area contributed by atoms with Crippen LogP contribution in [0, 0.1) is 0 Å². The minimum atomic E-state index is -1.20. The average molecular weight is 276 g/mol. The minimum absolute atomic E-state index is 0.159. The van der Waals surface area contributed by atoms with Gasteiger partial charge in [0.2, 0.25) is 0 Å². The second kappa shape index (κ2) is 6.20. The molecule has 1 aromatic rings. The Morgan fingerprint density at radius 3 is 2.85 bits per heavy atom. The topological polar surface area (TPSA) is 55.8 Å². The van der Waals surface area contributed by atoms with Crippen molar-refractivity contribution in [3.63, 3.8) is 0 Å². The van der Waals surface area contributed by atoms with Gasteiger partial charge in [-0.25, -0.2) is 0 Å². The molecule has 2 atom stereocenters. The summed E-state index contributed by atoms with van der Waals surface area (Å²) >= 11 is 0. The van der Waals surface area contributed by atoms with Gasteiger partial charge < -0.3 is 14.6 Å². The molecule has 1 N–H and O–H groups in total. The van der Waals surface area contributed by atoms with Crippen LogP contribution in [-0.2, 0) is 19.9 Å². The Morgan fingerprint density at radius 2 is 2.15 bits per heavy atom. The maximum Gasteiger partial charge on any atom is 0.305 e. The van der Waals surface area contributed by atoms with Crippen molar-refractivity contribution in [3.05, 3.63) is 41.5 Å². The van der Waals surface area contributed by atoms with Gasteiger partial charge in [0, 0.05) is 13.5 Å². The van der Waals surface area contributed by atoms with Crippen molar-refractivity contribution in [2.45, 2.75) is 31.5 Å². The van der Waals surface area contributed by atoms with Crippen molar-refractivity contribution in [3.8, 4) is 0 Å². The van der Waals surface area contributed by atoms with E-state index in [4.69, 9.17) is 9.47 Å². The highest BCUT2D eigenvalue weighted by atomic mass is 16.5. The van der Waals surface area contributed by atoms with Gasteiger partial charge in [-0.05, 0) is 24.5 Å². The summed E-state index contributed by atoms with van der Waals surface area (Å²) in [6, 6.07) is 7.60. The van der Waals surface area contributed by atoms with Crippen molar-refractivity contribution in [2.75, 3.05) is 13.7 Å². The van der Waals surface area contributed by atoms with Gasteiger partial charge in [0.1, 0.15) is 11.7 Å². The smallest absolute Gasteiger partial charge is 0.305 e. The lowest BCUT2D eigenvalue weighted by Gasteiger charge is -2.37. The molecular formula is C16H20O4. The monoisotopic (exact) mass is 276 g/mol. The van der Waals surface area contributed by atoms with E-state index >= 15 is 0 Å². The van der Waals surface area contributed by atoms with Crippen LogP contribution in [0.15, 0.2) is 30.3 Å². The van der Waals surface area contributed by atoms with Gasteiger partial charge in [-0.1, -0.05) is 36.4 Å². The summed E-state index contributed by atoms with van der Waals surface area (Å²) in [5, 5.41) is 11.0. The zero-order chi connectivity index (χ0) is 14.6. The molecule has 0 amide bonds. The van der Waals surface area contributed by atoms with Crippen molar-refractivity contribution in [1.29, 1.82) is 0 Å². The van der Waals surface area contributed by atoms with Crippen LogP contribution in [0.4, 0.5) is 0 Å².